The van der Waals surface area contributed by atoms with Crippen molar-refractivity contribution in [3.63, 3.8) is 0 Å². The average molecular weight is 208 g/mol. The molecule has 15 heavy (non-hydrogen) atoms. The van der Waals surface area contributed by atoms with E-state index in [9.17, 15) is 9.90 Å². The lowest BCUT2D eigenvalue weighted by molar-refractivity contribution is -0.116. The van der Waals surface area contributed by atoms with Gasteiger partial charge in [0.25, 0.3) is 0 Å². The molecule has 0 aliphatic rings. The van der Waals surface area contributed by atoms with E-state index in [0.29, 0.717) is 12.1 Å². The van der Waals surface area contributed by atoms with Crippen molar-refractivity contribution in [3.05, 3.63) is 23.8 Å². The minimum Gasteiger partial charge on any atom is -0.508 e. The van der Waals surface area contributed by atoms with Crippen LogP contribution in [-0.2, 0) is 4.79 Å². The van der Waals surface area contributed by atoms with E-state index in [1.54, 1.807) is 19.1 Å². The van der Waals surface area contributed by atoms with Crippen LogP contribution >= 0.6 is 0 Å². The molecule has 1 aromatic carbocycles. The Kier molecular flexibility index (Phi) is 3.68. The topological polar surface area (TPSA) is 75.3 Å². The van der Waals surface area contributed by atoms with Crippen LogP contribution in [0.3, 0.4) is 0 Å². The van der Waals surface area contributed by atoms with E-state index in [2.05, 4.69) is 5.32 Å². The van der Waals surface area contributed by atoms with Crippen LogP contribution in [-0.4, -0.2) is 17.1 Å². The predicted octanol–water partition coefficient (Wildman–Crippen LogP) is 1.38. The number of phenols is 1. The molecule has 0 aliphatic carbocycles. The Hall–Kier alpha value is -1.55. The van der Waals surface area contributed by atoms with Crippen LogP contribution in [0, 0.1) is 6.92 Å². The van der Waals surface area contributed by atoms with Gasteiger partial charge in [-0.3, -0.25) is 4.79 Å². The fourth-order valence-corrected chi connectivity index (χ4v) is 1.28. The molecule has 1 aromatic rings. The summed E-state index contributed by atoms with van der Waals surface area (Å²) in [6.07, 6.45) is 0.292. The Morgan fingerprint density at radius 3 is 2.80 bits per heavy atom. The molecule has 0 heterocycles. The van der Waals surface area contributed by atoms with Gasteiger partial charge in [-0.1, -0.05) is 0 Å². The van der Waals surface area contributed by atoms with E-state index >= 15 is 0 Å². The molecule has 0 spiro atoms. The highest BCUT2D eigenvalue weighted by molar-refractivity contribution is 5.91. The zero-order valence-corrected chi connectivity index (χ0v) is 8.95. The largest absolute Gasteiger partial charge is 0.508 e. The van der Waals surface area contributed by atoms with Gasteiger partial charge in [-0.05, 0) is 37.6 Å². The van der Waals surface area contributed by atoms with Crippen LogP contribution in [0.15, 0.2) is 18.2 Å². The number of rotatable bonds is 3. The van der Waals surface area contributed by atoms with Gasteiger partial charge in [-0.15, -0.1) is 0 Å². The second-order valence-corrected chi connectivity index (χ2v) is 3.73. The lowest BCUT2D eigenvalue weighted by Gasteiger charge is -2.09. The maximum absolute atomic E-state index is 11.4. The van der Waals surface area contributed by atoms with Crippen LogP contribution in [0.1, 0.15) is 18.9 Å². The number of benzene rings is 1. The van der Waals surface area contributed by atoms with Crippen molar-refractivity contribution in [1.82, 2.24) is 0 Å². The summed E-state index contributed by atoms with van der Waals surface area (Å²) in [5, 5.41) is 11.9. The number of carbonyl (C=O) groups is 1. The number of anilines is 1. The summed E-state index contributed by atoms with van der Waals surface area (Å²) in [5.41, 5.74) is 7.04. The number of hydrogen-bond donors (Lipinski definition) is 3. The van der Waals surface area contributed by atoms with E-state index in [0.717, 1.165) is 5.56 Å². The van der Waals surface area contributed by atoms with Gasteiger partial charge in [-0.25, -0.2) is 0 Å². The lowest BCUT2D eigenvalue weighted by atomic mass is 10.1. The van der Waals surface area contributed by atoms with E-state index in [1.807, 2.05) is 6.92 Å². The maximum atomic E-state index is 11.4. The number of nitrogens with two attached hydrogens (primary N) is 1. The molecule has 4 N–H and O–H groups in total. The average Bonchev–Trinajstić information content (AvgIpc) is 2.08. The van der Waals surface area contributed by atoms with Crippen LogP contribution in [0.4, 0.5) is 5.69 Å². The van der Waals surface area contributed by atoms with Gasteiger partial charge in [0.15, 0.2) is 0 Å². The number of amides is 1. The van der Waals surface area contributed by atoms with Crippen molar-refractivity contribution in [2.24, 2.45) is 5.73 Å². The first-order valence-corrected chi connectivity index (χ1v) is 4.84. The highest BCUT2D eigenvalue weighted by Gasteiger charge is 2.07. The van der Waals surface area contributed by atoms with Gasteiger partial charge in [-0.2, -0.15) is 0 Å². The van der Waals surface area contributed by atoms with Crippen molar-refractivity contribution >= 4 is 11.6 Å². The summed E-state index contributed by atoms with van der Waals surface area (Å²) in [5.74, 6) is 0.0801. The Morgan fingerprint density at radius 1 is 1.60 bits per heavy atom. The van der Waals surface area contributed by atoms with Gasteiger partial charge in [0.1, 0.15) is 5.75 Å². The minimum absolute atomic E-state index is 0.112. The smallest absolute Gasteiger partial charge is 0.225 e. The van der Waals surface area contributed by atoms with E-state index in [4.69, 9.17) is 5.73 Å². The van der Waals surface area contributed by atoms with E-state index < -0.39 is 0 Å². The third kappa shape index (κ3) is 3.59. The van der Waals surface area contributed by atoms with Gasteiger partial charge in [0, 0.05) is 18.2 Å². The molecule has 0 radical (unpaired) electrons. The number of carbonyl (C=O) groups excluding carboxylic acids is 1. The second kappa shape index (κ2) is 4.79. The molecule has 0 aromatic heterocycles. The summed E-state index contributed by atoms with van der Waals surface area (Å²) in [6.45, 7) is 3.60. The van der Waals surface area contributed by atoms with Crippen molar-refractivity contribution in [2.75, 3.05) is 5.32 Å². The minimum atomic E-state index is -0.151. The summed E-state index contributed by atoms with van der Waals surface area (Å²) in [7, 11) is 0. The van der Waals surface area contributed by atoms with Gasteiger partial charge in [0.05, 0.1) is 0 Å². The van der Waals surface area contributed by atoms with Crippen LogP contribution < -0.4 is 11.1 Å². The molecular weight excluding hydrogens is 192 g/mol. The number of hydrogen-bond acceptors (Lipinski definition) is 3. The fraction of sp³-hybridized carbons (Fsp3) is 0.364. The first-order chi connectivity index (χ1) is 6.99. The highest BCUT2D eigenvalue weighted by atomic mass is 16.3. The third-order valence-electron chi connectivity index (χ3n) is 1.99. The molecule has 1 rings (SSSR count). The highest BCUT2D eigenvalue weighted by Crippen LogP contribution is 2.20. The normalized spacial score (nSPS) is 12.2. The number of nitrogens with one attached hydrogen (secondary N) is 1. The van der Waals surface area contributed by atoms with Gasteiger partial charge < -0.3 is 16.2 Å². The van der Waals surface area contributed by atoms with Crippen molar-refractivity contribution in [1.29, 1.82) is 0 Å². The molecular formula is C11H16N2O2. The zero-order valence-electron chi connectivity index (χ0n) is 8.95. The number of aromatic hydroxyl groups is 1. The zero-order chi connectivity index (χ0) is 11.4. The van der Waals surface area contributed by atoms with Crippen LogP contribution in [0.2, 0.25) is 0 Å². The molecule has 0 saturated heterocycles. The Labute approximate surface area is 89.1 Å². The summed E-state index contributed by atoms with van der Waals surface area (Å²) >= 11 is 0. The first-order valence-electron chi connectivity index (χ1n) is 4.84. The predicted molar refractivity (Wildman–Crippen MR) is 59.7 cm³/mol. The lowest BCUT2D eigenvalue weighted by Crippen LogP contribution is -2.24. The third-order valence-corrected chi connectivity index (χ3v) is 1.99. The molecule has 4 heteroatoms. The molecule has 1 atom stereocenters. The Morgan fingerprint density at radius 2 is 2.27 bits per heavy atom. The summed E-state index contributed by atoms with van der Waals surface area (Å²) in [6, 6.07) is 4.65. The summed E-state index contributed by atoms with van der Waals surface area (Å²) in [4.78, 5) is 11.4. The fourth-order valence-electron chi connectivity index (χ4n) is 1.28. The van der Waals surface area contributed by atoms with Crippen LogP contribution in [0.5, 0.6) is 5.75 Å². The maximum Gasteiger partial charge on any atom is 0.225 e. The van der Waals surface area contributed by atoms with Crippen LogP contribution in [0.25, 0.3) is 0 Å². The van der Waals surface area contributed by atoms with Gasteiger partial charge in [0.2, 0.25) is 5.91 Å². The molecule has 1 amide bonds. The standard InChI is InChI=1S/C11H16N2O2/c1-7-5-9(14)3-4-10(7)13-11(15)6-8(2)12/h3-5,8,14H,6,12H2,1-2H3,(H,13,15). The molecule has 0 aliphatic heterocycles. The Balaban J connectivity index is 2.68. The molecule has 0 bridgehead atoms. The number of phenolic OH excluding ortho intramolecular Hbond substituents is 1. The molecule has 4 nitrogen and oxygen atoms in total. The van der Waals surface area contributed by atoms with Crippen molar-refractivity contribution in [3.8, 4) is 5.75 Å². The van der Waals surface area contributed by atoms with E-state index in [-0.39, 0.29) is 17.7 Å². The van der Waals surface area contributed by atoms with Crippen molar-refractivity contribution < 1.29 is 9.90 Å². The SMILES string of the molecule is Cc1cc(O)ccc1NC(=O)CC(C)N. The van der Waals surface area contributed by atoms with E-state index in [1.165, 1.54) is 6.07 Å². The Bertz CT molecular complexity index is 362. The second-order valence-electron chi connectivity index (χ2n) is 3.73. The molecule has 82 valence electrons. The first kappa shape index (κ1) is 11.5. The summed E-state index contributed by atoms with van der Waals surface area (Å²) < 4.78 is 0. The van der Waals surface area contributed by atoms with Gasteiger partial charge >= 0.3 is 0 Å². The quantitative estimate of drug-likeness (QED) is 0.657. The molecule has 0 saturated carbocycles. The molecule has 1 unspecified atom stereocenters. The van der Waals surface area contributed by atoms with Crippen molar-refractivity contribution in [2.45, 2.75) is 26.3 Å². The molecule has 0 fully saturated rings. The number of aryl methyl sites for hydroxylation is 1. The monoisotopic (exact) mass is 208 g/mol.